The van der Waals surface area contributed by atoms with Crippen LogP contribution in [0.2, 0.25) is 5.02 Å². The summed E-state index contributed by atoms with van der Waals surface area (Å²) in [5.74, 6) is 0.0427. The van der Waals surface area contributed by atoms with E-state index in [1.54, 1.807) is 12.1 Å². The molecule has 1 fully saturated rings. The van der Waals surface area contributed by atoms with Crippen molar-refractivity contribution in [2.45, 2.75) is 31.1 Å². The number of carbonyl (C=O) groups is 1. The summed E-state index contributed by atoms with van der Waals surface area (Å²) in [6, 6.07) is 8.58. The SMILES string of the molecule is Cn1c(NNC(=O)C2(c3ccc(Cl)cc3)CCCC2)cc(=O)n(C)c1=O. The van der Waals surface area contributed by atoms with Gasteiger partial charge in [-0.05, 0) is 30.5 Å². The minimum absolute atomic E-state index is 0.189. The number of rotatable bonds is 4. The van der Waals surface area contributed by atoms with Gasteiger partial charge in [0.25, 0.3) is 5.56 Å². The zero-order valence-electron chi connectivity index (χ0n) is 14.7. The maximum absolute atomic E-state index is 13.0. The highest BCUT2D eigenvalue weighted by atomic mass is 35.5. The van der Waals surface area contributed by atoms with Gasteiger partial charge in [-0.1, -0.05) is 36.6 Å². The summed E-state index contributed by atoms with van der Waals surface area (Å²) >= 11 is 5.97. The van der Waals surface area contributed by atoms with Gasteiger partial charge >= 0.3 is 5.69 Å². The monoisotopic (exact) mass is 376 g/mol. The summed E-state index contributed by atoms with van der Waals surface area (Å²) in [6.07, 6.45) is 3.39. The molecule has 26 heavy (non-hydrogen) atoms. The Morgan fingerprint density at radius 2 is 1.69 bits per heavy atom. The van der Waals surface area contributed by atoms with Crippen molar-refractivity contribution in [3.63, 3.8) is 0 Å². The van der Waals surface area contributed by atoms with Gasteiger partial charge in [-0.3, -0.25) is 29.6 Å². The molecule has 0 atom stereocenters. The molecule has 0 bridgehead atoms. The summed E-state index contributed by atoms with van der Waals surface area (Å²) in [6.45, 7) is 0. The first kappa shape index (κ1) is 18.3. The Balaban J connectivity index is 1.85. The second kappa shape index (κ2) is 6.99. The first-order valence-electron chi connectivity index (χ1n) is 8.45. The Bertz CT molecular complexity index is 940. The minimum atomic E-state index is -0.643. The predicted octanol–water partition coefficient (Wildman–Crippen LogP) is 1.69. The lowest BCUT2D eigenvalue weighted by atomic mass is 9.78. The third-order valence-electron chi connectivity index (χ3n) is 5.12. The fourth-order valence-corrected chi connectivity index (χ4v) is 3.61. The molecule has 1 saturated carbocycles. The largest absolute Gasteiger partial charge is 0.332 e. The third-order valence-corrected chi connectivity index (χ3v) is 5.37. The lowest BCUT2D eigenvalue weighted by Crippen LogP contribution is -2.46. The van der Waals surface area contributed by atoms with E-state index in [1.165, 1.54) is 24.7 Å². The quantitative estimate of drug-likeness (QED) is 0.795. The number of nitrogens with one attached hydrogen (secondary N) is 2. The second-order valence-corrected chi connectivity index (χ2v) is 7.08. The molecule has 1 aromatic carbocycles. The normalized spacial score (nSPS) is 15.7. The number of hydrogen-bond acceptors (Lipinski definition) is 4. The zero-order chi connectivity index (χ0) is 18.9. The van der Waals surface area contributed by atoms with Crippen molar-refractivity contribution in [1.82, 2.24) is 14.6 Å². The summed E-state index contributed by atoms with van der Waals surface area (Å²) in [5, 5.41) is 0.621. The van der Waals surface area contributed by atoms with Crippen molar-refractivity contribution in [2.75, 3.05) is 5.43 Å². The predicted molar refractivity (Wildman–Crippen MR) is 100 cm³/mol. The highest BCUT2D eigenvalue weighted by Gasteiger charge is 2.42. The highest BCUT2D eigenvalue weighted by molar-refractivity contribution is 6.30. The molecule has 0 aliphatic heterocycles. The van der Waals surface area contributed by atoms with E-state index < -0.39 is 16.7 Å². The summed E-state index contributed by atoms with van der Waals surface area (Å²) in [7, 11) is 2.93. The van der Waals surface area contributed by atoms with Crippen LogP contribution in [0.4, 0.5) is 5.82 Å². The molecule has 7 nitrogen and oxygen atoms in total. The van der Waals surface area contributed by atoms with Crippen LogP contribution in [0.5, 0.6) is 0 Å². The Kier molecular flexibility index (Phi) is 4.91. The number of halogens is 1. The fraction of sp³-hybridized carbons (Fsp3) is 0.389. The molecule has 1 aliphatic carbocycles. The molecule has 138 valence electrons. The maximum Gasteiger partial charge on any atom is 0.332 e. The molecule has 1 aromatic heterocycles. The van der Waals surface area contributed by atoms with E-state index in [2.05, 4.69) is 10.9 Å². The number of amides is 1. The first-order chi connectivity index (χ1) is 12.3. The van der Waals surface area contributed by atoms with Crippen LogP contribution >= 0.6 is 11.6 Å². The maximum atomic E-state index is 13.0. The van der Waals surface area contributed by atoms with Gasteiger partial charge in [0, 0.05) is 25.2 Å². The number of hydrazine groups is 1. The Hall–Kier alpha value is -2.54. The fourth-order valence-electron chi connectivity index (χ4n) is 3.49. The molecule has 2 N–H and O–H groups in total. The van der Waals surface area contributed by atoms with Crippen LogP contribution in [0, 0.1) is 0 Å². The Labute approximate surface area is 155 Å². The van der Waals surface area contributed by atoms with E-state index in [0.717, 1.165) is 35.8 Å². The van der Waals surface area contributed by atoms with Gasteiger partial charge in [-0.25, -0.2) is 4.79 Å². The summed E-state index contributed by atoms with van der Waals surface area (Å²) in [5.41, 5.74) is 4.76. The van der Waals surface area contributed by atoms with Gasteiger partial charge in [0.2, 0.25) is 5.91 Å². The average Bonchev–Trinajstić information content (AvgIpc) is 3.13. The first-order valence-corrected chi connectivity index (χ1v) is 8.82. The van der Waals surface area contributed by atoms with Crippen molar-refractivity contribution >= 4 is 23.3 Å². The van der Waals surface area contributed by atoms with Crippen LogP contribution in [0.15, 0.2) is 39.9 Å². The molecule has 1 heterocycles. The second-order valence-electron chi connectivity index (χ2n) is 6.64. The van der Waals surface area contributed by atoms with Gasteiger partial charge < -0.3 is 0 Å². The van der Waals surface area contributed by atoms with E-state index in [0.29, 0.717) is 5.02 Å². The lowest BCUT2D eigenvalue weighted by Gasteiger charge is -2.28. The molecule has 0 radical (unpaired) electrons. The van der Waals surface area contributed by atoms with Crippen LogP contribution in [-0.4, -0.2) is 15.0 Å². The standard InChI is InChI=1S/C18H21ClN4O3/c1-22-14(11-15(24)23(2)17(22)26)20-21-16(25)18(9-3-4-10-18)12-5-7-13(19)8-6-12/h5-8,11,20H,3-4,9-10H2,1-2H3,(H,21,25). The molecule has 0 spiro atoms. The molecular formula is C18H21ClN4O3. The van der Waals surface area contributed by atoms with Crippen LogP contribution in [0.3, 0.4) is 0 Å². The summed E-state index contributed by atoms with van der Waals surface area (Å²) < 4.78 is 2.27. The third kappa shape index (κ3) is 3.14. The van der Waals surface area contributed by atoms with E-state index in [-0.39, 0.29) is 11.7 Å². The average molecular weight is 377 g/mol. The highest BCUT2D eigenvalue weighted by Crippen LogP contribution is 2.41. The number of aromatic nitrogens is 2. The van der Waals surface area contributed by atoms with E-state index in [4.69, 9.17) is 11.6 Å². The van der Waals surface area contributed by atoms with Crippen molar-refractivity contribution in [3.05, 3.63) is 61.8 Å². The van der Waals surface area contributed by atoms with Gasteiger partial charge in [-0.15, -0.1) is 0 Å². The molecule has 1 aliphatic rings. The van der Waals surface area contributed by atoms with Crippen molar-refractivity contribution in [3.8, 4) is 0 Å². The van der Waals surface area contributed by atoms with Gasteiger partial charge in [0.1, 0.15) is 5.82 Å². The minimum Gasteiger partial charge on any atom is -0.283 e. The molecule has 0 unspecified atom stereocenters. The van der Waals surface area contributed by atoms with Gasteiger partial charge in [-0.2, -0.15) is 0 Å². The van der Waals surface area contributed by atoms with Crippen LogP contribution in [0.25, 0.3) is 0 Å². The number of hydrogen-bond donors (Lipinski definition) is 2. The van der Waals surface area contributed by atoms with Gasteiger partial charge in [0.15, 0.2) is 0 Å². The van der Waals surface area contributed by atoms with Crippen LogP contribution in [-0.2, 0) is 24.3 Å². The van der Waals surface area contributed by atoms with Crippen molar-refractivity contribution in [2.24, 2.45) is 14.1 Å². The van der Waals surface area contributed by atoms with Crippen LogP contribution < -0.4 is 22.1 Å². The van der Waals surface area contributed by atoms with Crippen molar-refractivity contribution in [1.29, 1.82) is 0 Å². The molecule has 0 saturated heterocycles. The number of carbonyl (C=O) groups excluding carboxylic acids is 1. The number of nitrogens with zero attached hydrogens (tertiary/aromatic N) is 2. The number of anilines is 1. The molecule has 3 rings (SSSR count). The topological polar surface area (TPSA) is 85.1 Å². The molecule has 1 amide bonds. The van der Waals surface area contributed by atoms with E-state index >= 15 is 0 Å². The van der Waals surface area contributed by atoms with Gasteiger partial charge in [0.05, 0.1) is 5.41 Å². The number of benzene rings is 1. The molecule has 2 aromatic rings. The van der Waals surface area contributed by atoms with Crippen molar-refractivity contribution < 1.29 is 4.79 Å². The Morgan fingerprint density at radius 1 is 1.08 bits per heavy atom. The lowest BCUT2D eigenvalue weighted by molar-refractivity contribution is -0.126. The van der Waals surface area contributed by atoms with Crippen LogP contribution in [0.1, 0.15) is 31.2 Å². The zero-order valence-corrected chi connectivity index (χ0v) is 15.5. The summed E-state index contributed by atoms with van der Waals surface area (Å²) in [4.78, 5) is 36.8. The van der Waals surface area contributed by atoms with E-state index in [1.807, 2.05) is 12.1 Å². The Morgan fingerprint density at radius 3 is 2.31 bits per heavy atom. The van der Waals surface area contributed by atoms with E-state index in [9.17, 15) is 14.4 Å². The molecular weight excluding hydrogens is 356 g/mol. The smallest absolute Gasteiger partial charge is 0.283 e. The molecule has 8 heteroatoms.